The second-order valence-electron chi connectivity index (χ2n) is 11.1. The van der Waals surface area contributed by atoms with Crippen molar-refractivity contribution < 1.29 is 17.6 Å². The van der Waals surface area contributed by atoms with Crippen LogP contribution in [0, 0.1) is 6.92 Å². The van der Waals surface area contributed by atoms with Crippen LogP contribution in [0.15, 0.2) is 113 Å². The number of hydrogen-bond acceptors (Lipinski definition) is 4. The Kier molecular flexibility index (Phi) is 7.22. The van der Waals surface area contributed by atoms with Gasteiger partial charge in [-0.05, 0) is 42.3 Å². The van der Waals surface area contributed by atoms with Crippen LogP contribution in [0.5, 0.6) is 0 Å². The second-order valence-corrected chi connectivity index (χ2v) is 17.9. The average molecular weight is 546 g/mol. The van der Waals surface area contributed by atoms with Gasteiger partial charge in [0.1, 0.15) is 13.8 Å². The molecule has 1 saturated heterocycles. The fraction of sp³-hybridized carbons (Fsp3) is 0.290. The highest BCUT2D eigenvalue weighted by Gasteiger charge is 2.52. The number of rotatable bonds is 7. The molecule has 2 atom stereocenters. The molecule has 0 aliphatic carbocycles. The number of aryl methyl sites for hydroxylation is 1. The molecule has 0 spiro atoms. The number of ether oxygens (including phenoxy) is 1. The SMILES string of the molecule is Cc1ccc(S(=O)(=O)N2CC(C[Si](c3ccccc3)(c3ccccc3)C(C)(C)C)OC2c2ccco2)cc1. The van der Waals surface area contributed by atoms with Crippen LogP contribution < -0.4 is 10.4 Å². The Morgan fingerprint density at radius 3 is 1.92 bits per heavy atom. The smallest absolute Gasteiger partial charge is 0.245 e. The zero-order valence-corrected chi connectivity index (χ0v) is 24.2. The predicted molar refractivity (Wildman–Crippen MR) is 154 cm³/mol. The van der Waals surface area contributed by atoms with Crippen LogP contribution >= 0.6 is 0 Å². The Morgan fingerprint density at radius 1 is 0.842 bits per heavy atom. The van der Waals surface area contributed by atoms with E-state index < -0.39 is 24.3 Å². The molecule has 3 aromatic carbocycles. The van der Waals surface area contributed by atoms with E-state index in [1.165, 1.54) is 14.7 Å². The predicted octanol–water partition coefficient (Wildman–Crippen LogP) is 5.74. The molecule has 7 heteroatoms. The molecule has 1 aliphatic heterocycles. The van der Waals surface area contributed by atoms with Crippen LogP contribution in [-0.2, 0) is 14.8 Å². The highest BCUT2D eigenvalue weighted by Crippen LogP contribution is 2.44. The maximum Gasteiger partial charge on any atom is 0.245 e. The van der Waals surface area contributed by atoms with Crippen LogP contribution in [0.3, 0.4) is 0 Å². The molecule has 4 aromatic rings. The van der Waals surface area contributed by atoms with Crippen molar-refractivity contribution in [2.45, 2.75) is 56.0 Å². The Bertz CT molecular complexity index is 1410. The molecule has 0 radical (unpaired) electrons. The van der Waals surface area contributed by atoms with Gasteiger partial charge in [-0.1, -0.05) is 110 Å². The van der Waals surface area contributed by atoms with Crippen molar-refractivity contribution in [3.63, 3.8) is 0 Å². The van der Waals surface area contributed by atoms with Crippen molar-refractivity contribution in [1.29, 1.82) is 0 Å². The summed E-state index contributed by atoms with van der Waals surface area (Å²) in [6.07, 6.45) is 0.432. The van der Waals surface area contributed by atoms with Crippen LogP contribution in [0.4, 0.5) is 0 Å². The lowest BCUT2D eigenvalue weighted by atomic mass is 10.2. The van der Waals surface area contributed by atoms with Crippen molar-refractivity contribution in [3.8, 4) is 0 Å². The van der Waals surface area contributed by atoms with Crippen molar-refractivity contribution in [2.75, 3.05) is 6.54 Å². The van der Waals surface area contributed by atoms with E-state index in [0.717, 1.165) is 11.6 Å². The molecule has 0 amide bonds. The van der Waals surface area contributed by atoms with Gasteiger partial charge >= 0.3 is 0 Å². The highest BCUT2D eigenvalue weighted by molar-refractivity contribution is 7.89. The van der Waals surface area contributed by atoms with Crippen molar-refractivity contribution >= 4 is 28.5 Å². The zero-order valence-electron chi connectivity index (χ0n) is 22.4. The summed E-state index contributed by atoms with van der Waals surface area (Å²) in [5.41, 5.74) is 1.01. The molecule has 0 saturated carbocycles. The Labute approximate surface area is 227 Å². The normalized spacial score (nSPS) is 19.1. The van der Waals surface area contributed by atoms with Crippen molar-refractivity contribution in [1.82, 2.24) is 4.31 Å². The molecular weight excluding hydrogens is 510 g/mol. The van der Waals surface area contributed by atoms with Gasteiger partial charge in [0, 0.05) is 6.54 Å². The first-order chi connectivity index (χ1) is 18.1. The molecule has 5 nitrogen and oxygen atoms in total. The number of furan rings is 1. The lowest BCUT2D eigenvalue weighted by molar-refractivity contribution is 0.0136. The summed E-state index contributed by atoms with van der Waals surface area (Å²) >= 11 is 0. The van der Waals surface area contributed by atoms with Crippen LogP contribution in [0.1, 0.15) is 38.3 Å². The van der Waals surface area contributed by atoms with Gasteiger partial charge in [0.25, 0.3) is 0 Å². The lowest BCUT2D eigenvalue weighted by Crippen LogP contribution is -2.65. The van der Waals surface area contributed by atoms with Crippen LogP contribution in [0.2, 0.25) is 11.1 Å². The van der Waals surface area contributed by atoms with Crippen LogP contribution in [-0.4, -0.2) is 33.4 Å². The Balaban J connectivity index is 1.59. The first-order valence-corrected chi connectivity index (χ1v) is 16.7. The molecule has 2 heterocycles. The minimum atomic E-state index is -3.82. The van der Waals surface area contributed by atoms with E-state index >= 15 is 0 Å². The molecule has 1 aliphatic rings. The number of hydrogen-bond donors (Lipinski definition) is 0. The zero-order chi connectivity index (χ0) is 27.0. The Hall–Kier alpha value is -2.97. The van der Waals surface area contributed by atoms with E-state index in [-0.39, 0.29) is 22.6 Å². The van der Waals surface area contributed by atoms with Gasteiger partial charge in [-0.2, -0.15) is 4.31 Å². The number of sulfonamides is 1. The summed E-state index contributed by atoms with van der Waals surface area (Å²) < 4.78 is 41.6. The molecule has 1 fully saturated rings. The van der Waals surface area contributed by atoms with Gasteiger partial charge in [0.15, 0.2) is 6.23 Å². The van der Waals surface area contributed by atoms with Gasteiger partial charge in [-0.15, -0.1) is 0 Å². The quantitative estimate of drug-likeness (QED) is 0.278. The van der Waals surface area contributed by atoms with E-state index in [2.05, 4.69) is 69.3 Å². The van der Waals surface area contributed by atoms with Gasteiger partial charge in [-0.3, -0.25) is 0 Å². The number of nitrogens with zero attached hydrogens (tertiary/aromatic N) is 1. The van der Waals surface area contributed by atoms with Gasteiger partial charge < -0.3 is 9.15 Å². The summed E-state index contributed by atoms with van der Waals surface area (Å²) in [7, 11) is -6.30. The third kappa shape index (κ3) is 4.80. The molecule has 5 rings (SSSR count). The van der Waals surface area contributed by atoms with E-state index in [9.17, 15) is 8.42 Å². The highest BCUT2D eigenvalue weighted by atomic mass is 32.2. The maximum absolute atomic E-state index is 13.9. The topological polar surface area (TPSA) is 59.8 Å². The first-order valence-electron chi connectivity index (χ1n) is 13.0. The van der Waals surface area contributed by atoms with Gasteiger partial charge in [-0.25, -0.2) is 8.42 Å². The molecule has 0 N–H and O–H groups in total. The molecule has 0 bridgehead atoms. The summed E-state index contributed by atoms with van der Waals surface area (Å²) in [5.74, 6) is 0.491. The van der Waals surface area contributed by atoms with Gasteiger partial charge in [0.2, 0.25) is 10.0 Å². The van der Waals surface area contributed by atoms with Crippen molar-refractivity contribution in [2.24, 2.45) is 0 Å². The summed E-state index contributed by atoms with van der Waals surface area (Å²) in [6, 6.07) is 32.7. The average Bonchev–Trinajstić information content (AvgIpc) is 3.58. The first kappa shape index (κ1) is 26.6. The molecule has 1 aromatic heterocycles. The molecule has 38 heavy (non-hydrogen) atoms. The second kappa shape index (κ2) is 10.3. The third-order valence-corrected chi connectivity index (χ3v) is 15.8. The summed E-state index contributed by atoms with van der Waals surface area (Å²) in [5, 5.41) is 2.57. The standard InChI is InChI=1S/C31H35NO4SSi/c1-24-17-19-26(20-18-24)37(33,34)32-22-25(36-30(32)29-16-11-21-35-29)23-38(31(2,3)4,27-12-7-5-8-13-27)28-14-9-6-10-15-28/h5-21,25,30H,22-23H2,1-4H3. The lowest BCUT2D eigenvalue weighted by Gasteiger charge is -2.45. The minimum absolute atomic E-state index is 0.0670. The monoisotopic (exact) mass is 545 g/mol. The Morgan fingerprint density at radius 2 is 1.42 bits per heavy atom. The number of benzene rings is 3. The van der Waals surface area contributed by atoms with Crippen molar-refractivity contribution in [3.05, 3.63) is 115 Å². The summed E-state index contributed by atoms with van der Waals surface area (Å²) in [6.45, 7) is 9.12. The maximum atomic E-state index is 13.9. The van der Waals surface area contributed by atoms with Gasteiger partial charge in [0.05, 0.1) is 17.3 Å². The fourth-order valence-corrected chi connectivity index (χ4v) is 12.9. The minimum Gasteiger partial charge on any atom is -0.465 e. The molecule has 2 unspecified atom stereocenters. The molecule has 198 valence electrons. The van der Waals surface area contributed by atoms with E-state index in [4.69, 9.17) is 9.15 Å². The fourth-order valence-electron chi connectivity index (χ4n) is 5.77. The summed E-state index contributed by atoms with van der Waals surface area (Å²) in [4.78, 5) is 0.259. The third-order valence-electron chi connectivity index (χ3n) is 7.73. The van der Waals surface area contributed by atoms with E-state index in [1.807, 2.05) is 31.2 Å². The molecular formula is C31H35NO4SSi. The largest absolute Gasteiger partial charge is 0.465 e. The van der Waals surface area contributed by atoms with E-state index in [1.54, 1.807) is 30.5 Å². The van der Waals surface area contributed by atoms with E-state index in [0.29, 0.717) is 5.76 Å². The van der Waals surface area contributed by atoms with Crippen LogP contribution in [0.25, 0.3) is 0 Å².